The van der Waals surface area contributed by atoms with Crippen molar-refractivity contribution in [3.05, 3.63) is 96.6 Å². The molecule has 2 aromatic carbocycles. The number of hydrogen-bond donors (Lipinski definition) is 0. The zero-order chi connectivity index (χ0) is 17.2. The first kappa shape index (κ1) is 17.2. The number of aromatic nitrogens is 2. The van der Waals surface area contributed by atoms with Crippen LogP contribution in [0.4, 0.5) is 0 Å². The van der Waals surface area contributed by atoms with Crippen molar-refractivity contribution >= 4 is 6.08 Å². The third kappa shape index (κ3) is 6.05. The van der Waals surface area contributed by atoms with Crippen LogP contribution in [0.25, 0.3) is 6.08 Å². The number of aryl methyl sites for hydroxylation is 1. The van der Waals surface area contributed by atoms with Crippen LogP contribution >= 0.6 is 0 Å². The normalized spacial score (nSPS) is 12.5. The molecule has 3 aromatic rings. The Balaban J connectivity index is 1.53. The van der Waals surface area contributed by atoms with Gasteiger partial charge < -0.3 is 9.30 Å². The van der Waals surface area contributed by atoms with Crippen molar-refractivity contribution in [3.63, 3.8) is 0 Å². The Bertz CT molecular complexity index is 736. The summed E-state index contributed by atoms with van der Waals surface area (Å²) in [6.45, 7) is 1.44. The van der Waals surface area contributed by atoms with E-state index >= 15 is 0 Å². The van der Waals surface area contributed by atoms with Gasteiger partial charge in [0.2, 0.25) is 0 Å². The van der Waals surface area contributed by atoms with Crippen LogP contribution in [-0.4, -0.2) is 22.3 Å². The summed E-state index contributed by atoms with van der Waals surface area (Å²) in [6, 6.07) is 20.9. The number of hydrogen-bond acceptors (Lipinski definition) is 2. The number of rotatable bonds is 9. The van der Waals surface area contributed by atoms with Crippen molar-refractivity contribution in [1.29, 1.82) is 0 Å². The highest BCUT2D eigenvalue weighted by Gasteiger charge is 2.10. The molecule has 0 saturated heterocycles. The van der Waals surface area contributed by atoms with Crippen molar-refractivity contribution < 1.29 is 4.74 Å². The summed E-state index contributed by atoms with van der Waals surface area (Å²) in [6.07, 6.45) is 12.0. The van der Waals surface area contributed by atoms with Gasteiger partial charge in [-0.05, 0) is 24.0 Å². The van der Waals surface area contributed by atoms with Crippen LogP contribution in [0.15, 0.2) is 85.5 Å². The molecule has 0 radical (unpaired) electrons. The maximum absolute atomic E-state index is 6.12. The minimum atomic E-state index is 0.162. The lowest BCUT2D eigenvalue weighted by Gasteiger charge is -2.17. The lowest BCUT2D eigenvalue weighted by Crippen LogP contribution is -2.20. The van der Waals surface area contributed by atoms with E-state index in [-0.39, 0.29) is 6.10 Å². The highest BCUT2D eigenvalue weighted by atomic mass is 16.5. The fraction of sp³-hybridized carbons (Fsp3) is 0.227. The fourth-order valence-corrected chi connectivity index (χ4v) is 2.77. The second-order valence-electron chi connectivity index (χ2n) is 6.05. The number of ether oxygens (including phenoxy) is 1. The summed E-state index contributed by atoms with van der Waals surface area (Å²) in [5.41, 5.74) is 2.54. The van der Waals surface area contributed by atoms with E-state index in [1.165, 1.54) is 11.1 Å². The average Bonchev–Trinajstić information content (AvgIpc) is 3.18. The van der Waals surface area contributed by atoms with Gasteiger partial charge in [0.1, 0.15) is 0 Å². The van der Waals surface area contributed by atoms with Crippen molar-refractivity contribution in [2.75, 3.05) is 6.61 Å². The number of imidazole rings is 1. The molecule has 3 nitrogen and oxygen atoms in total. The Labute approximate surface area is 149 Å². The first-order valence-corrected chi connectivity index (χ1v) is 8.73. The Kier molecular flexibility index (Phi) is 6.60. The first-order valence-electron chi connectivity index (χ1n) is 8.73. The van der Waals surface area contributed by atoms with Crippen molar-refractivity contribution in [2.24, 2.45) is 0 Å². The quantitative estimate of drug-likeness (QED) is 0.572. The van der Waals surface area contributed by atoms with Crippen LogP contribution in [-0.2, 0) is 17.7 Å². The molecule has 128 valence electrons. The van der Waals surface area contributed by atoms with Crippen LogP contribution in [0.1, 0.15) is 17.5 Å². The van der Waals surface area contributed by atoms with Gasteiger partial charge >= 0.3 is 0 Å². The third-order valence-electron chi connectivity index (χ3n) is 4.11. The second kappa shape index (κ2) is 9.60. The molecule has 1 heterocycles. The first-order chi connectivity index (χ1) is 12.4. The van der Waals surface area contributed by atoms with Gasteiger partial charge in [-0.2, -0.15) is 0 Å². The molecule has 0 bridgehead atoms. The van der Waals surface area contributed by atoms with E-state index in [9.17, 15) is 0 Å². The zero-order valence-electron chi connectivity index (χ0n) is 14.4. The predicted octanol–water partition coefficient (Wildman–Crippen LogP) is 4.61. The maximum Gasteiger partial charge on any atom is 0.0946 e. The summed E-state index contributed by atoms with van der Waals surface area (Å²) in [7, 11) is 0. The third-order valence-corrected chi connectivity index (χ3v) is 4.11. The van der Waals surface area contributed by atoms with Gasteiger partial charge in [0.15, 0.2) is 0 Å². The Morgan fingerprint density at radius 3 is 2.48 bits per heavy atom. The lowest BCUT2D eigenvalue weighted by molar-refractivity contribution is 0.0553. The average molecular weight is 332 g/mol. The molecule has 0 fully saturated rings. The molecular formula is C22H24N2O. The SMILES string of the molecule is C(=C\c1ccccc1)/COC(CCc1ccccc1)Cn1ccnc1. The molecule has 0 aliphatic heterocycles. The topological polar surface area (TPSA) is 27.1 Å². The van der Waals surface area contributed by atoms with Crippen molar-refractivity contribution in [3.8, 4) is 0 Å². The summed E-state index contributed by atoms with van der Waals surface area (Å²) in [5, 5.41) is 0. The van der Waals surface area contributed by atoms with Crippen LogP contribution in [0, 0.1) is 0 Å². The molecule has 0 spiro atoms. The van der Waals surface area contributed by atoms with E-state index in [0.29, 0.717) is 6.61 Å². The van der Waals surface area contributed by atoms with E-state index < -0.39 is 0 Å². The highest BCUT2D eigenvalue weighted by molar-refractivity contribution is 5.48. The van der Waals surface area contributed by atoms with E-state index in [0.717, 1.165) is 19.4 Å². The van der Waals surface area contributed by atoms with Gasteiger partial charge in [-0.3, -0.25) is 0 Å². The van der Waals surface area contributed by atoms with E-state index in [1.807, 2.05) is 36.9 Å². The minimum absolute atomic E-state index is 0.162. The molecule has 3 rings (SSSR count). The van der Waals surface area contributed by atoms with E-state index in [4.69, 9.17) is 4.74 Å². The largest absolute Gasteiger partial charge is 0.372 e. The minimum Gasteiger partial charge on any atom is -0.372 e. The molecule has 0 amide bonds. The van der Waals surface area contributed by atoms with Crippen LogP contribution in [0.5, 0.6) is 0 Å². The van der Waals surface area contributed by atoms with E-state index in [1.54, 1.807) is 0 Å². The van der Waals surface area contributed by atoms with Gasteiger partial charge in [-0.15, -0.1) is 0 Å². The molecule has 1 atom stereocenters. The molecule has 1 unspecified atom stereocenters. The fourth-order valence-electron chi connectivity index (χ4n) is 2.77. The van der Waals surface area contributed by atoms with Crippen LogP contribution < -0.4 is 0 Å². The zero-order valence-corrected chi connectivity index (χ0v) is 14.4. The monoisotopic (exact) mass is 332 g/mol. The predicted molar refractivity (Wildman–Crippen MR) is 102 cm³/mol. The smallest absolute Gasteiger partial charge is 0.0946 e. The molecule has 0 aliphatic rings. The highest BCUT2D eigenvalue weighted by Crippen LogP contribution is 2.10. The van der Waals surface area contributed by atoms with E-state index in [2.05, 4.69) is 64.2 Å². The molecule has 0 aliphatic carbocycles. The van der Waals surface area contributed by atoms with Gasteiger partial charge in [0, 0.05) is 18.9 Å². The summed E-state index contributed by atoms with van der Waals surface area (Å²) in [4.78, 5) is 4.12. The number of benzene rings is 2. The lowest BCUT2D eigenvalue weighted by atomic mass is 10.1. The Morgan fingerprint density at radius 2 is 1.76 bits per heavy atom. The Morgan fingerprint density at radius 1 is 1.00 bits per heavy atom. The molecule has 0 saturated carbocycles. The van der Waals surface area contributed by atoms with Crippen molar-refractivity contribution in [2.45, 2.75) is 25.5 Å². The summed E-state index contributed by atoms with van der Waals surface area (Å²) >= 11 is 0. The Hall–Kier alpha value is -2.65. The van der Waals surface area contributed by atoms with Gasteiger partial charge in [0.05, 0.1) is 19.0 Å². The molecular weight excluding hydrogens is 308 g/mol. The molecule has 25 heavy (non-hydrogen) atoms. The van der Waals surface area contributed by atoms with Crippen LogP contribution in [0.3, 0.4) is 0 Å². The van der Waals surface area contributed by atoms with Gasteiger partial charge in [-0.1, -0.05) is 72.8 Å². The van der Waals surface area contributed by atoms with Gasteiger partial charge in [-0.25, -0.2) is 4.98 Å². The molecule has 0 N–H and O–H groups in total. The van der Waals surface area contributed by atoms with Crippen LogP contribution in [0.2, 0.25) is 0 Å². The molecule has 3 heteroatoms. The standard InChI is InChI=1S/C22H24N2O/c1-3-8-20(9-4-1)12-7-17-25-22(18-24-16-15-23-19-24)14-13-21-10-5-2-6-11-21/h1-12,15-16,19,22H,13-14,17-18H2/b12-7+. The van der Waals surface area contributed by atoms with Gasteiger partial charge in [0.25, 0.3) is 0 Å². The molecule has 1 aromatic heterocycles. The second-order valence-corrected chi connectivity index (χ2v) is 6.05. The number of nitrogens with zero attached hydrogens (tertiary/aromatic N) is 2. The van der Waals surface area contributed by atoms with Crippen molar-refractivity contribution in [1.82, 2.24) is 9.55 Å². The summed E-state index contributed by atoms with van der Waals surface area (Å²) in [5.74, 6) is 0. The maximum atomic E-state index is 6.12. The summed E-state index contributed by atoms with van der Waals surface area (Å²) < 4.78 is 8.20.